The molecule has 0 N–H and O–H groups in total. The van der Waals surface area contributed by atoms with Crippen molar-refractivity contribution in [1.82, 2.24) is 9.80 Å². The molecule has 10 heteroatoms. The molecule has 0 aliphatic heterocycles. The van der Waals surface area contributed by atoms with Gasteiger partial charge >= 0.3 is 24.1 Å². The Bertz CT molecular complexity index is 1650. The molecule has 1 fully saturated rings. The summed E-state index contributed by atoms with van der Waals surface area (Å²) in [6.45, 7) is 4.02. The molecule has 0 saturated heterocycles. The molecule has 4 aromatic rings. The van der Waals surface area contributed by atoms with Crippen molar-refractivity contribution in [3.8, 4) is 23.0 Å². The highest BCUT2D eigenvalue weighted by Crippen LogP contribution is 2.37. The lowest BCUT2D eigenvalue weighted by Gasteiger charge is -2.34. The molecule has 272 valence electrons. The molecule has 52 heavy (non-hydrogen) atoms. The number of esters is 2. The molecule has 2 unspecified atom stereocenters. The number of hydrogen-bond acceptors (Lipinski definition) is 8. The third-order valence-corrected chi connectivity index (χ3v) is 9.38. The maximum atomic E-state index is 13.2. The average Bonchev–Trinajstić information content (AvgIpc) is 3.13. The van der Waals surface area contributed by atoms with Gasteiger partial charge in [-0.1, -0.05) is 87.4 Å². The van der Waals surface area contributed by atoms with E-state index in [0.29, 0.717) is 48.7 Å². The van der Waals surface area contributed by atoms with Crippen molar-refractivity contribution >= 4 is 24.1 Å². The Morgan fingerprint density at radius 3 is 1.17 bits per heavy atom. The van der Waals surface area contributed by atoms with E-state index >= 15 is 0 Å². The summed E-state index contributed by atoms with van der Waals surface area (Å²) in [5, 5.41) is 0. The number of nitrogens with zero attached hydrogens (tertiary/aromatic N) is 2. The summed E-state index contributed by atoms with van der Waals surface area (Å²) in [4.78, 5) is 55.4. The third-order valence-electron chi connectivity index (χ3n) is 9.38. The monoisotopic (exact) mass is 706 g/mol. The number of amides is 2. The van der Waals surface area contributed by atoms with Gasteiger partial charge in [-0.05, 0) is 85.3 Å². The lowest BCUT2D eigenvalue weighted by atomic mass is 9.74. The topological polar surface area (TPSA) is 112 Å². The molecule has 2 amide bonds. The van der Waals surface area contributed by atoms with Crippen molar-refractivity contribution in [1.29, 1.82) is 0 Å². The van der Waals surface area contributed by atoms with E-state index in [0.717, 1.165) is 24.0 Å². The highest BCUT2D eigenvalue weighted by Gasteiger charge is 2.45. The van der Waals surface area contributed by atoms with Crippen LogP contribution in [0.5, 0.6) is 23.0 Å². The van der Waals surface area contributed by atoms with Crippen molar-refractivity contribution in [2.45, 2.75) is 64.5 Å². The molecule has 1 saturated carbocycles. The zero-order valence-electron chi connectivity index (χ0n) is 30.1. The SMILES string of the molecule is CCC[C@@H](c1ccc(Oc2ccccc2)cc1)N(C)C(=O)OC(=O)C1CCC1C(=O)OC(=O)N(C)[C@@H](CCC)c1ccc(Oc2ccccc2)cc1. The summed E-state index contributed by atoms with van der Waals surface area (Å²) in [5.41, 5.74) is 1.72. The predicted molar refractivity (Wildman–Crippen MR) is 196 cm³/mol. The van der Waals surface area contributed by atoms with Gasteiger partial charge in [-0.25, -0.2) is 9.59 Å². The Morgan fingerprint density at radius 2 is 0.865 bits per heavy atom. The first kappa shape index (κ1) is 37.6. The van der Waals surface area contributed by atoms with Crippen LogP contribution in [0.3, 0.4) is 0 Å². The van der Waals surface area contributed by atoms with E-state index in [4.69, 9.17) is 18.9 Å². The van der Waals surface area contributed by atoms with E-state index in [9.17, 15) is 19.2 Å². The van der Waals surface area contributed by atoms with Crippen LogP contribution in [-0.4, -0.2) is 48.0 Å². The third kappa shape index (κ3) is 9.57. The molecule has 0 radical (unpaired) electrons. The quantitative estimate of drug-likeness (QED) is 0.0941. The Balaban J connectivity index is 1.15. The van der Waals surface area contributed by atoms with Crippen molar-refractivity contribution in [3.05, 3.63) is 120 Å². The van der Waals surface area contributed by atoms with Gasteiger partial charge in [-0.2, -0.15) is 0 Å². The number of rotatable bonds is 14. The maximum Gasteiger partial charge on any atom is 0.417 e. The fourth-order valence-electron chi connectivity index (χ4n) is 6.27. The second-order valence-electron chi connectivity index (χ2n) is 13.0. The second-order valence-corrected chi connectivity index (χ2v) is 13.0. The molecule has 4 atom stereocenters. The van der Waals surface area contributed by atoms with Gasteiger partial charge < -0.3 is 28.7 Å². The molecular weight excluding hydrogens is 660 g/mol. The smallest absolute Gasteiger partial charge is 0.417 e. The van der Waals surface area contributed by atoms with Gasteiger partial charge in [0.05, 0.1) is 23.9 Å². The van der Waals surface area contributed by atoms with Gasteiger partial charge in [-0.15, -0.1) is 0 Å². The zero-order valence-corrected chi connectivity index (χ0v) is 30.1. The van der Waals surface area contributed by atoms with Gasteiger partial charge in [-0.3, -0.25) is 9.59 Å². The molecule has 0 heterocycles. The highest BCUT2D eigenvalue weighted by atomic mass is 16.6. The zero-order chi connectivity index (χ0) is 37.0. The van der Waals surface area contributed by atoms with Crippen LogP contribution in [0.15, 0.2) is 109 Å². The normalized spacial score (nSPS) is 16.0. The largest absolute Gasteiger partial charge is 0.457 e. The van der Waals surface area contributed by atoms with E-state index in [1.807, 2.05) is 123 Å². The fourth-order valence-corrected chi connectivity index (χ4v) is 6.27. The highest BCUT2D eigenvalue weighted by molar-refractivity contribution is 5.93. The number of ether oxygens (including phenoxy) is 4. The maximum absolute atomic E-state index is 13.2. The summed E-state index contributed by atoms with van der Waals surface area (Å²) in [5.74, 6) is -0.651. The molecule has 0 bridgehead atoms. The first-order valence-corrected chi connectivity index (χ1v) is 17.8. The van der Waals surface area contributed by atoms with Gasteiger partial charge in [0.15, 0.2) is 0 Å². The van der Waals surface area contributed by atoms with Crippen LogP contribution in [0.1, 0.15) is 75.6 Å². The minimum atomic E-state index is -0.884. The summed E-state index contributed by atoms with van der Waals surface area (Å²) < 4.78 is 22.4. The molecular formula is C42H46N2O8. The van der Waals surface area contributed by atoms with Crippen LogP contribution in [0, 0.1) is 11.8 Å². The minimum Gasteiger partial charge on any atom is -0.457 e. The van der Waals surface area contributed by atoms with Crippen molar-refractivity contribution < 1.29 is 38.1 Å². The molecule has 10 nitrogen and oxygen atoms in total. The molecule has 4 aromatic carbocycles. The standard InChI is InChI=1S/C42H46N2O8/c1-5-13-37(29-19-23-33(24-20-29)49-31-15-9-7-10-16-31)43(3)41(47)51-39(45)35-27-28-36(35)40(46)52-42(48)44(4)38(14-6-2)30-21-25-34(26-22-30)50-32-17-11-8-12-18-32/h7-12,15-26,35-38H,5-6,13-14,27-28H2,1-4H3/t35?,36?,37-,38-/m0/s1. The van der Waals surface area contributed by atoms with Crippen molar-refractivity contribution in [3.63, 3.8) is 0 Å². The molecule has 1 aliphatic rings. The Kier molecular flexibility index (Phi) is 13.0. The van der Waals surface area contributed by atoms with Gasteiger partial charge in [0.2, 0.25) is 0 Å². The number of para-hydroxylation sites is 2. The molecule has 0 aromatic heterocycles. The summed E-state index contributed by atoms with van der Waals surface area (Å²) >= 11 is 0. The van der Waals surface area contributed by atoms with Crippen molar-refractivity contribution in [2.24, 2.45) is 11.8 Å². The van der Waals surface area contributed by atoms with E-state index in [2.05, 4.69) is 0 Å². The van der Waals surface area contributed by atoms with Gasteiger partial charge in [0.25, 0.3) is 0 Å². The summed E-state index contributed by atoms with van der Waals surface area (Å²) in [6, 6.07) is 33.0. The molecule has 0 spiro atoms. The lowest BCUT2D eigenvalue weighted by molar-refractivity contribution is -0.161. The van der Waals surface area contributed by atoms with Gasteiger partial charge in [0.1, 0.15) is 23.0 Å². The number of benzene rings is 4. The minimum absolute atomic E-state index is 0.344. The van der Waals surface area contributed by atoms with E-state index < -0.39 is 36.0 Å². The average molecular weight is 707 g/mol. The molecule has 5 rings (SSSR count). The van der Waals surface area contributed by atoms with Gasteiger partial charge in [0, 0.05) is 14.1 Å². The van der Waals surface area contributed by atoms with Crippen LogP contribution >= 0.6 is 0 Å². The Morgan fingerprint density at radius 1 is 0.538 bits per heavy atom. The van der Waals surface area contributed by atoms with Crippen LogP contribution in [0.2, 0.25) is 0 Å². The van der Waals surface area contributed by atoms with Crippen LogP contribution in [-0.2, 0) is 19.1 Å². The predicted octanol–water partition coefficient (Wildman–Crippen LogP) is 9.87. The van der Waals surface area contributed by atoms with Crippen LogP contribution in [0.25, 0.3) is 0 Å². The number of hydrogen-bond donors (Lipinski definition) is 0. The van der Waals surface area contributed by atoms with Crippen LogP contribution in [0.4, 0.5) is 9.59 Å². The van der Waals surface area contributed by atoms with E-state index in [1.165, 1.54) is 9.80 Å². The van der Waals surface area contributed by atoms with Crippen molar-refractivity contribution in [2.75, 3.05) is 14.1 Å². The van der Waals surface area contributed by atoms with Crippen LogP contribution < -0.4 is 9.47 Å². The first-order valence-electron chi connectivity index (χ1n) is 17.8. The summed E-state index contributed by atoms with van der Waals surface area (Å²) in [6.07, 6.45) is 1.90. The second kappa shape index (κ2) is 18.0. The number of carbonyl (C=O) groups is 4. The number of carbonyl (C=O) groups excluding carboxylic acids is 4. The first-order chi connectivity index (χ1) is 25.2. The summed E-state index contributed by atoms with van der Waals surface area (Å²) in [7, 11) is 3.17. The lowest BCUT2D eigenvalue weighted by Crippen LogP contribution is -2.44. The molecule has 1 aliphatic carbocycles. The van der Waals surface area contributed by atoms with E-state index in [1.54, 1.807) is 14.1 Å². The Labute approximate surface area is 305 Å². The Hall–Kier alpha value is -5.64. The fraction of sp³-hybridized carbons (Fsp3) is 0.333. The van der Waals surface area contributed by atoms with E-state index in [-0.39, 0.29) is 12.1 Å².